The lowest BCUT2D eigenvalue weighted by molar-refractivity contribution is 0.550. The van der Waals surface area contributed by atoms with Crippen LogP contribution in [0.15, 0.2) is 29.6 Å². The molecule has 1 heterocycles. The van der Waals surface area contributed by atoms with E-state index in [9.17, 15) is 0 Å². The van der Waals surface area contributed by atoms with Crippen molar-refractivity contribution in [3.63, 3.8) is 0 Å². The van der Waals surface area contributed by atoms with E-state index in [4.69, 9.17) is 5.84 Å². The first-order valence-electron chi connectivity index (χ1n) is 5.31. The number of hydrazine groups is 1. The Bertz CT molecular complexity index is 481. The lowest BCUT2D eigenvalue weighted by atomic mass is 10.1. The molecule has 0 saturated heterocycles. The van der Waals surface area contributed by atoms with E-state index < -0.39 is 0 Å². The first-order valence-corrected chi connectivity index (χ1v) is 7.27. The van der Waals surface area contributed by atoms with Crippen LogP contribution < -0.4 is 11.3 Å². The van der Waals surface area contributed by atoms with Crippen LogP contribution in [-0.4, -0.2) is 4.98 Å². The summed E-state index contributed by atoms with van der Waals surface area (Å²) in [4.78, 5) is 4.46. The van der Waals surface area contributed by atoms with Gasteiger partial charge in [-0.25, -0.2) is 4.98 Å². The zero-order chi connectivity index (χ0) is 12.3. The van der Waals surface area contributed by atoms with Crippen molar-refractivity contribution in [2.45, 2.75) is 19.4 Å². The number of hydrogen-bond donors (Lipinski definition) is 2. The van der Waals surface area contributed by atoms with Gasteiger partial charge in [-0.3, -0.25) is 11.3 Å². The highest BCUT2D eigenvalue weighted by molar-refractivity contribution is 14.1. The second-order valence-electron chi connectivity index (χ2n) is 3.86. The van der Waals surface area contributed by atoms with Crippen LogP contribution in [0.2, 0.25) is 0 Å². The molecule has 90 valence electrons. The van der Waals surface area contributed by atoms with E-state index in [-0.39, 0.29) is 6.04 Å². The molecule has 0 radical (unpaired) electrons. The number of rotatable bonds is 4. The molecule has 1 aromatic heterocycles. The normalized spacial score (nSPS) is 12.6. The molecule has 0 amide bonds. The van der Waals surface area contributed by atoms with E-state index in [0.29, 0.717) is 0 Å². The first kappa shape index (κ1) is 12.9. The summed E-state index contributed by atoms with van der Waals surface area (Å²) in [6, 6.07) is 8.51. The zero-order valence-electron chi connectivity index (χ0n) is 9.48. The van der Waals surface area contributed by atoms with Gasteiger partial charge in [-0.2, -0.15) is 0 Å². The van der Waals surface area contributed by atoms with Crippen LogP contribution in [0.5, 0.6) is 0 Å². The number of nitrogens with two attached hydrogens (primary N) is 1. The first-order chi connectivity index (χ1) is 8.19. The number of nitrogens with one attached hydrogen (secondary N) is 1. The Morgan fingerprint density at radius 3 is 2.65 bits per heavy atom. The lowest BCUT2D eigenvalue weighted by Gasteiger charge is -2.14. The molecular formula is C12H14IN3S. The van der Waals surface area contributed by atoms with Crippen molar-refractivity contribution in [1.82, 2.24) is 10.4 Å². The molecule has 3 nitrogen and oxygen atoms in total. The molecule has 0 saturated carbocycles. The van der Waals surface area contributed by atoms with Gasteiger partial charge in [0.25, 0.3) is 0 Å². The van der Waals surface area contributed by atoms with Gasteiger partial charge in [0.15, 0.2) is 0 Å². The minimum absolute atomic E-state index is 0.123. The Kier molecular flexibility index (Phi) is 4.49. The summed E-state index contributed by atoms with van der Waals surface area (Å²) in [7, 11) is 0. The summed E-state index contributed by atoms with van der Waals surface area (Å²) in [5.74, 6) is 5.62. The summed E-state index contributed by atoms with van der Waals surface area (Å²) >= 11 is 3.98. The third kappa shape index (κ3) is 3.48. The molecule has 0 aliphatic carbocycles. The van der Waals surface area contributed by atoms with E-state index in [2.05, 4.69) is 62.6 Å². The standard InChI is InChI=1S/C12H14IN3S/c1-8-7-17-12(15-8)6-11(16-14)9-2-4-10(13)5-3-9/h2-5,7,11,16H,6,14H2,1H3. The molecule has 0 fully saturated rings. The molecule has 0 aliphatic rings. The molecule has 2 aromatic rings. The largest absolute Gasteiger partial charge is 0.271 e. The van der Waals surface area contributed by atoms with Crippen molar-refractivity contribution < 1.29 is 0 Å². The SMILES string of the molecule is Cc1csc(CC(NN)c2ccc(I)cc2)n1. The summed E-state index contributed by atoms with van der Waals surface area (Å²) in [5, 5.41) is 3.18. The van der Waals surface area contributed by atoms with Gasteiger partial charge < -0.3 is 0 Å². The molecule has 1 unspecified atom stereocenters. The summed E-state index contributed by atoms with van der Waals surface area (Å²) in [6.07, 6.45) is 0.829. The molecule has 0 bridgehead atoms. The molecule has 0 aliphatic heterocycles. The quantitative estimate of drug-likeness (QED) is 0.502. The summed E-state index contributed by atoms with van der Waals surface area (Å²) in [6.45, 7) is 2.01. The number of halogens is 1. The molecule has 5 heteroatoms. The van der Waals surface area contributed by atoms with Crippen molar-refractivity contribution in [3.8, 4) is 0 Å². The van der Waals surface area contributed by atoms with Gasteiger partial charge in [-0.05, 0) is 47.2 Å². The van der Waals surface area contributed by atoms with Gasteiger partial charge >= 0.3 is 0 Å². The van der Waals surface area contributed by atoms with Crippen molar-refractivity contribution in [2.75, 3.05) is 0 Å². The van der Waals surface area contributed by atoms with Crippen LogP contribution in [0.3, 0.4) is 0 Å². The third-order valence-corrected chi connectivity index (χ3v) is 4.23. The molecule has 1 aromatic carbocycles. The van der Waals surface area contributed by atoms with Crippen LogP contribution >= 0.6 is 33.9 Å². The van der Waals surface area contributed by atoms with Gasteiger partial charge in [-0.1, -0.05) is 12.1 Å². The molecule has 17 heavy (non-hydrogen) atoms. The monoisotopic (exact) mass is 359 g/mol. The maximum Gasteiger partial charge on any atom is 0.0947 e. The Labute approximate surface area is 119 Å². The maximum absolute atomic E-state index is 5.62. The number of thiazole rings is 1. The highest BCUT2D eigenvalue weighted by atomic mass is 127. The Balaban J connectivity index is 2.13. The minimum atomic E-state index is 0.123. The number of aromatic nitrogens is 1. The fourth-order valence-electron chi connectivity index (χ4n) is 1.64. The van der Waals surface area contributed by atoms with Crippen LogP contribution in [0, 0.1) is 10.5 Å². The average molecular weight is 359 g/mol. The minimum Gasteiger partial charge on any atom is -0.271 e. The third-order valence-electron chi connectivity index (χ3n) is 2.52. The van der Waals surface area contributed by atoms with Crippen molar-refractivity contribution in [1.29, 1.82) is 0 Å². The van der Waals surface area contributed by atoms with Gasteiger partial charge in [-0.15, -0.1) is 11.3 Å². The summed E-state index contributed by atoms with van der Waals surface area (Å²) in [5.41, 5.74) is 5.13. The van der Waals surface area contributed by atoms with Crippen LogP contribution in [-0.2, 0) is 6.42 Å². The molecule has 0 spiro atoms. The van der Waals surface area contributed by atoms with E-state index in [1.165, 1.54) is 9.13 Å². The Hall–Kier alpha value is -0.500. The highest BCUT2D eigenvalue weighted by Gasteiger charge is 2.12. The van der Waals surface area contributed by atoms with Crippen LogP contribution in [0.1, 0.15) is 22.3 Å². The molecular weight excluding hydrogens is 345 g/mol. The predicted molar refractivity (Wildman–Crippen MR) is 79.8 cm³/mol. The number of hydrogen-bond acceptors (Lipinski definition) is 4. The maximum atomic E-state index is 5.62. The van der Waals surface area contributed by atoms with Crippen molar-refractivity contribution in [2.24, 2.45) is 5.84 Å². The molecule has 3 N–H and O–H groups in total. The fraction of sp³-hybridized carbons (Fsp3) is 0.250. The van der Waals surface area contributed by atoms with Gasteiger partial charge in [0.2, 0.25) is 0 Å². The Morgan fingerprint density at radius 2 is 2.12 bits per heavy atom. The smallest absolute Gasteiger partial charge is 0.0947 e. The number of aryl methyl sites for hydroxylation is 1. The van der Waals surface area contributed by atoms with Gasteiger partial charge in [0.1, 0.15) is 0 Å². The highest BCUT2D eigenvalue weighted by Crippen LogP contribution is 2.20. The van der Waals surface area contributed by atoms with Crippen molar-refractivity contribution in [3.05, 3.63) is 49.5 Å². The number of benzene rings is 1. The van der Waals surface area contributed by atoms with Crippen LogP contribution in [0.25, 0.3) is 0 Å². The van der Waals surface area contributed by atoms with Crippen LogP contribution in [0.4, 0.5) is 0 Å². The van der Waals surface area contributed by atoms with E-state index in [0.717, 1.165) is 17.1 Å². The molecule has 2 rings (SSSR count). The predicted octanol–water partition coefficient (Wildman–Crippen LogP) is 2.80. The summed E-state index contributed by atoms with van der Waals surface area (Å²) < 4.78 is 1.23. The van der Waals surface area contributed by atoms with E-state index >= 15 is 0 Å². The Morgan fingerprint density at radius 1 is 1.41 bits per heavy atom. The second kappa shape index (κ2) is 5.90. The zero-order valence-corrected chi connectivity index (χ0v) is 12.5. The fourth-order valence-corrected chi connectivity index (χ4v) is 2.82. The van der Waals surface area contributed by atoms with Gasteiger partial charge in [0, 0.05) is 21.1 Å². The van der Waals surface area contributed by atoms with E-state index in [1.54, 1.807) is 11.3 Å². The average Bonchev–Trinajstić information content (AvgIpc) is 2.73. The molecule has 1 atom stereocenters. The lowest BCUT2D eigenvalue weighted by Crippen LogP contribution is -2.29. The van der Waals surface area contributed by atoms with Gasteiger partial charge in [0.05, 0.1) is 11.0 Å². The number of nitrogens with zero attached hydrogens (tertiary/aromatic N) is 1. The van der Waals surface area contributed by atoms with E-state index in [1.807, 2.05) is 6.92 Å². The van der Waals surface area contributed by atoms with Crippen molar-refractivity contribution >= 4 is 33.9 Å². The second-order valence-corrected chi connectivity index (χ2v) is 6.05. The topological polar surface area (TPSA) is 50.9 Å².